The third-order valence-corrected chi connectivity index (χ3v) is 2.17. The molecule has 0 radical (unpaired) electrons. The van der Waals surface area contributed by atoms with Crippen LogP contribution >= 0.6 is 0 Å². The molecule has 2 aromatic rings. The standard InChI is InChI=1S/C10H8F3N3O2/c1-6-14-15-9(17)16(6)7-2-4-8(5-3-7)18-10(11,12)13/h2-5H,1H3,(H,15,17). The van der Waals surface area contributed by atoms with E-state index in [1.807, 2.05) is 0 Å². The van der Waals surface area contributed by atoms with Gasteiger partial charge < -0.3 is 4.74 Å². The third-order valence-electron chi connectivity index (χ3n) is 2.17. The van der Waals surface area contributed by atoms with E-state index in [9.17, 15) is 18.0 Å². The van der Waals surface area contributed by atoms with Crippen molar-refractivity contribution in [3.8, 4) is 11.4 Å². The number of hydrogen-bond acceptors (Lipinski definition) is 3. The minimum absolute atomic E-state index is 0.347. The number of benzene rings is 1. The number of hydrogen-bond donors (Lipinski definition) is 1. The topological polar surface area (TPSA) is 59.9 Å². The van der Waals surface area contributed by atoms with Gasteiger partial charge in [0, 0.05) is 0 Å². The number of aromatic amines is 1. The molecule has 18 heavy (non-hydrogen) atoms. The van der Waals surface area contributed by atoms with Crippen molar-refractivity contribution >= 4 is 0 Å². The summed E-state index contributed by atoms with van der Waals surface area (Å²) in [5, 5.41) is 5.92. The first-order valence-electron chi connectivity index (χ1n) is 4.87. The molecule has 2 rings (SSSR count). The first-order chi connectivity index (χ1) is 8.37. The molecule has 0 atom stereocenters. The van der Waals surface area contributed by atoms with Gasteiger partial charge in [0.15, 0.2) is 0 Å². The van der Waals surface area contributed by atoms with E-state index in [1.54, 1.807) is 6.92 Å². The lowest BCUT2D eigenvalue weighted by atomic mass is 10.3. The Balaban J connectivity index is 2.31. The van der Waals surface area contributed by atoms with Crippen LogP contribution in [-0.4, -0.2) is 21.1 Å². The molecule has 1 aromatic carbocycles. The van der Waals surface area contributed by atoms with Crippen molar-refractivity contribution in [1.82, 2.24) is 14.8 Å². The van der Waals surface area contributed by atoms with Crippen molar-refractivity contribution in [3.63, 3.8) is 0 Å². The Bertz CT molecular complexity index is 598. The van der Waals surface area contributed by atoms with Gasteiger partial charge in [-0.1, -0.05) is 0 Å². The molecule has 8 heteroatoms. The van der Waals surface area contributed by atoms with Crippen molar-refractivity contribution < 1.29 is 17.9 Å². The monoisotopic (exact) mass is 259 g/mol. The van der Waals surface area contributed by atoms with Crippen LogP contribution in [0.4, 0.5) is 13.2 Å². The van der Waals surface area contributed by atoms with E-state index in [0.29, 0.717) is 11.5 Å². The average molecular weight is 259 g/mol. The lowest BCUT2D eigenvalue weighted by molar-refractivity contribution is -0.274. The number of nitrogens with one attached hydrogen (secondary N) is 1. The smallest absolute Gasteiger partial charge is 0.406 e. The van der Waals surface area contributed by atoms with Gasteiger partial charge in [-0.15, -0.1) is 13.2 Å². The maximum Gasteiger partial charge on any atom is 0.573 e. The lowest BCUT2D eigenvalue weighted by Gasteiger charge is -2.09. The molecule has 0 aliphatic carbocycles. The molecule has 0 saturated carbocycles. The van der Waals surface area contributed by atoms with Crippen LogP contribution in [0.5, 0.6) is 5.75 Å². The van der Waals surface area contributed by atoms with E-state index in [1.165, 1.54) is 16.7 Å². The number of aryl methyl sites for hydroxylation is 1. The second-order valence-electron chi connectivity index (χ2n) is 3.45. The van der Waals surface area contributed by atoms with Crippen LogP contribution in [0.2, 0.25) is 0 Å². The number of ether oxygens (including phenoxy) is 1. The highest BCUT2D eigenvalue weighted by Gasteiger charge is 2.30. The molecule has 0 aliphatic heterocycles. The zero-order valence-corrected chi connectivity index (χ0v) is 9.15. The summed E-state index contributed by atoms with van der Waals surface area (Å²) in [7, 11) is 0. The van der Waals surface area contributed by atoms with E-state index in [2.05, 4.69) is 14.9 Å². The Morgan fingerprint density at radius 1 is 1.28 bits per heavy atom. The number of H-pyrrole nitrogens is 1. The molecule has 0 unspecified atom stereocenters. The van der Waals surface area contributed by atoms with Crippen molar-refractivity contribution in [1.29, 1.82) is 0 Å². The molecule has 0 bridgehead atoms. The molecule has 0 aliphatic rings. The van der Waals surface area contributed by atoms with Crippen molar-refractivity contribution in [2.45, 2.75) is 13.3 Å². The number of nitrogens with zero attached hydrogens (tertiary/aromatic N) is 2. The normalized spacial score (nSPS) is 11.6. The van der Waals surface area contributed by atoms with Crippen molar-refractivity contribution in [2.24, 2.45) is 0 Å². The Morgan fingerprint density at radius 2 is 1.89 bits per heavy atom. The molecule has 0 spiro atoms. The molecule has 0 saturated heterocycles. The molecule has 1 heterocycles. The molecular formula is C10H8F3N3O2. The van der Waals surface area contributed by atoms with Crippen LogP contribution in [0.15, 0.2) is 29.1 Å². The predicted molar refractivity (Wildman–Crippen MR) is 55.6 cm³/mol. The van der Waals surface area contributed by atoms with E-state index >= 15 is 0 Å². The van der Waals surface area contributed by atoms with Gasteiger partial charge in [-0.05, 0) is 31.2 Å². The maximum atomic E-state index is 12.0. The van der Waals surface area contributed by atoms with Crippen LogP contribution in [0.3, 0.4) is 0 Å². The van der Waals surface area contributed by atoms with Gasteiger partial charge in [0.05, 0.1) is 5.69 Å². The molecule has 0 amide bonds. The second kappa shape index (κ2) is 4.21. The summed E-state index contributed by atoms with van der Waals surface area (Å²) in [6.45, 7) is 1.60. The van der Waals surface area contributed by atoms with E-state index in [-0.39, 0.29) is 5.75 Å². The van der Waals surface area contributed by atoms with Gasteiger partial charge in [0.2, 0.25) is 0 Å². The number of alkyl halides is 3. The molecule has 96 valence electrons. The summed E-state index contributed by atoms with van der Waals surface area (Å²) >= 11 is 0. The fourth-order valence-electron chi connectivity index (χ4n) is 1.48. The van der Waals surface area contributed by atoms with E-state index in [4.69, 9.17) is 0 Å². The quantitative estimate of drug-likeness (QED) is 0.894. The lowest BCUT2D eigenvalue weighted by Crippen LogP contribution is -2.18. The van der Waals surface area contributed by atoms with Gasteiger partial charge in [-0.25, -0.2) is 14.5 Å². The van der Waals surface area contributed by atoms with Crippen LogP contribution in [0, 0.1) is 6.92 Å². The Hall–Kier alpha value is -2.25. The minimum Gasteiger partial charge on any atom is -0.406 e. The van der Waals surface area contributed by atoms with Crippen LogP contribution in [-0.2, 0) is 0 Å². The molecule has 5 nitrogen and oxygen atoms in total. The van der Waals surface area contributed by atoms with Gasteiger partial charge >= 0.3 is 12.1 Å². The molecule has 1 N–H and O–H groups in total. The SMILES string of the molecule is Cc1n[nH]c(=O)n1-c1ccc(OC(F)(F)F)cc1. The summed E-state index contributed by atoms with van der Waals surface area (Å²) in [5.41, 5.74) is -0.0576. The van der Waals surface area contributed by atoms with Crippen LogP contribution in [0.1, 0.15) is 5.82 Å². The van der Waals surface area contributed by atoms with Gasteiger partial charge in [0.25, 0.3) is 0 Å². The fourth-order valence-corrected chi connectivity index (χ4v) is 1.48. The van der Waals surface area contributed by atoms with Crippen LogP contribution < -0.4 is 10.4 Å². The first-order valence-corrected chi connectivity index (χ1v) is 4.87. The van der Waals surface area contributed by atoms with Crippen LogP contribution in [0.25, 0.3) is 5.69 Å². The highest BCUT2D eigenvalue weighted by molar-refractivity contribution is 5.37. The molecular weight excluding hydrogens is 251 g/mol. The maximum absolute atomic E-state index is 12.0. The second-order valence-corrected chi connectivity index (χ2v) is 3.45. The summed E-state index contributed by atoms with van der Waals surface area (Å²) in [6.07, 6.45) is -4.73. The van der Waals surface area contributed by atoms with E-state index in [0.717, 1.165) is 12.1 Å². The van der Waals surface area contributed by atoms with Gasteiger partial charge in [-0.3, -0.25) is 0 Å². The largest absolute Gasteiger partial charge is 0.573 e. The van der Waals surface area contributed by atoms with Crippen molar-refractivity contribution in [3.05, 3.63) is 40.6 Å². The first kappa shape index (κ1) is 12.2. The Labute approximate surface area is 98.8 Å². The third kappa shape index (κ3) is 2.53. The highest BCUT2D eigenvalue weighted by atomic mass is 19.4. The van der Waals surface area contributed by atoms with Gasteiger partial charge in [0.1, 0.15) is 11.6 Å². The minimum atomic E-state index is -4.73. The zero-order valence-electron chi connectivity index (χ0n) is 9.15. The average Bonchev–Trinajstić information content (AvgIpc) is 2.58. The fraction of sp³-hybridized carbons (Fsp3) is 0.200. The number of halogens is 3. The number of rotatable bonds is 2. The summed E-state index contributed by atoms with van der Waals surface area (Å²) < 4.78 is 40.8. The Morgan fingerprint density at radius 3 is 2.33 bits per heavy atom. The zero-order chi connectivity index (χ0) is 13.3. The molecule has 0 fully saturated rings. The van der Waals surface area contributed by atoms with Crippen molar-refractivity contribution in [2.75, 3.05) is 0 Å². The Kier molecular flexibility index (Phi) is 2.85. The van der Waals surface area contributed by atoms with E-state index < -0.39 is 12.1 Å². The van der Waals surface area contributed by atoms with Gasteiger partial charge in [-0.2, -0.15) is 5.10 Å². The predicted octanol–water partition coefficient (Wildman–Crippen LogP) is 1.77. The summed E-state index contributed by atoms with van der Waals surface area (Å²) in [4.78, 5) is 11.4. The highest BCUT2D eigenvalue weighted by Crippen LogP contribution is 2.23. The summed E-state index contributed by atoms with van der Waals surface area (Å²) in [5.74, 6) is 0.0601. The molecule has 1 aromatic heterocycles. The summed E-state index contributed by atoms with van der Waals surface area (Å²) in [6, 6.07) is 4.93. The number of aromatic nitrogens is 3.